The van der Waals surface area contributed by atoms with E-state index in [0.717, 1.165) is 53.7 Å². The number of furan rings is 1. The molecule has 0 atom stereocenters. The molecule has 347 valence electrons. The average molecular weight is 888 g/mol. The van der Waals surface area contributed by atoms with Gasteiger partial charge in [0, 0.05) is 29.5 Å². The zero-order valence-electron chi connectivity index (χ0n) is 43.5. The van der Waals surface area contributed by atoms with Gasteiger partial charge in [0.2, 0.25) is 0 Å². The van der Waals surface area contributed by atoms with E-state index >= 15 is 0 Å². The van der Waals surface area contributed by atoms with Gasteiger partial charge in [0.05, 0.1) is 14.5 Å². The minimum absolute atomic E-state index is 0.0292. The summed E-state index contributed by atoms with van der Waals surface area (Å²) in [5.41, 5.74) is 13.2. The van der Waals surface area contributed by atoms with E-state index in [9.17, 15) is 0 Å². The van der Waals surface area contributed by atoms with Crippen LogP contribution in [0.15, 0.2) is 160 Å². The van der Waals surface area contributed by atoms with Crippen molar-refractivity contribution in [2.45, 2.75) is 153 Å². The molecule has 0 aliphatic heterocycles. The van der Waals surface area contributed by atoms with Crippen LogP contribution >= 0.6 is 0 Å². The van der Waals surface area contributed by atoms with Crippen molar-refractivity contribution in [2.75, 3.05) is 6.54 Å². The van der Waals surface area contributed by atoms with E-state index < -0.39 is 8.80 Å². The molecule has 0 spiro atoms. The Morgan fingerprint density at radius 3 is 2.09 bits per heavy atom. The first-order valence-electron chi connectivity index (χ1n) is 24.3. The Morgan fingerprint density at radius 2 is 1.52 bits per heavy atom. The molecule has 2 aromatic carbocycles. The van der Waals surface area contributed by atoms with Gasteiger partial charge in [-0.3, -0.25) is 0 Å². The molecule has 1 heterocycles. The van der Waals surface area contributed by atoms with Gasteiger partial charge in [-0.25, -0.2) is 0 Å². The first kappa shape index (κ1) is 52.9. The van der Waals surface area contributed by atoms with Gasteiger partial charge in [-0.1, -0.05) is 185 Å². The molecule has 1 aliphatic rings. The molecule has 3 aromatic rings. The van der Waals surface area contributed by atoms with Crippen molar-refractivity contribution in [2.24, 2.45) is 10.8 Å². The van der Waals surface area contributed by atoms with Gasteiger partial charge in [0.1, 0.15) is 5.58 Å². The largest absolute Gasteiger partial charge is 0.470 e. The lowest BCUT2D eigenvalue weighted by atomic mass is 9.37. The van der Waals surface area contributed by atoms with Crippen molar-refractivity contribution in [1.29, 1.82) is 0 Å². The molecule has 5 heteroatoms. The third-order valence-corrected chi connectivity index (χ3v) is 14.7. The van der Waals surface area contributed by atoms with Crippen LogP contribution in [0, 0.1) is 10.8 Å². The smallest absolute Gasteiger partial charge is 0.287 e. The predicted molar refractivity (Wildman–Crippen MR) is 293 cm³/mol. The van der Waals surface area contributed by atoms with Gasteiger partial charge >= 0.3 is 0 Å². The van der Waals surface area contributed by atoms with E-state index in [4.69, 9.17) is 4.42 Å². The maximum atomic E-state index is 7.17. The van der Waals surface area contributed by atoms with Gasteiger partial charge in [0.15, 0.2) is 0 Å². The molecule has 0 bridgehead atoms. The van der Waals surface area contributed by atoms with E-state index in [1.165, 1.54) is 50.4 Å². The second-order valence-electron chi connectivity index (χ2n) is 21.7. The van der Waals surface area contributed by atoms with Gasteiger partial charge in [0.25, 0.3) is 6.71 Å². The molecule has 0 amide bonds. The summed E-state index contributed by atoms with van der Waals surface area (Å²) in [6.07, 6.45) is 33.7. The fourth-order valence-corrected chi connectivity index (χ4v) is 9.33. The lowest BCUT2D eigenvalue weighted by molar-refractivity contribution is 0.332. The molecule has 0 fully saturated rings. The van der Waals surface area contributed by atoms with E-state index in [0.29, 0.717) is 6.54 Å². The summed E-state index contributed by atoms with van der Waals surface area (Å²) < 4.78 is 7.17. The molecule has 2 N–H and O–H groups in total. The zero-order valence-corrected chi connectivity index (χ0v) is 44.5. The minimum atomic E-state index is -0.449. The molecule has 3 nitrogen and oxygen atoms in total. The Morgan fingerprint density at radius 1 is 0.877 bits per heavy atom. The molecular weight excluding hydrogens is 804 g/mol. The highest BCUT2D eigenvalue weighted by Gasteiger charge is 2.38. The van der Waals surface area contributed by atoms with Gasteiger partial charge in [-0.15, -0.1) is 0 Å². The van der Waals surface area contributed by atoms with Crippen LogP contribution in [0.25, 0.3) is 17.0 Å². The number of hydrogen-bond donors (Lipinski definition) is 2. The number of allylic oxidation sites excluding steroid dienone is 14. The van der Waals surface area contributed by atoms with Gasteiger partial charge < -0.3 is 15.1 Å². The molecule has 1 aromatic heterocycles. The number of hydrogen-bond acceptors (Lipinski definition) is 3. The average Bonchev–Trinajstić information content (AvgIpc) is 3.66. The Hall–Kier alpha value is -4.74. The quantitative estimate of drug-likeness (QED) is 0.0877. The number of rotatable bonds is 20. The molecule has 65 heavy (non-hydrogen) atoms. The summed E-state index contributed by atoms with van der Waals surface area (Å²) in [7, 11) is -0.449. The van der Waals surface area contributed by atoms with E-state index in [1.54, 1.807) is 0 Å². The lowest BCUT2D eigenvalue weighted by Gasteiger charge is -2.41. The summed E-state index contributed by atoms with van der Waals surface area (Å²) in [5.74, 6) is 0. The van der Waals surface area contributed by atoms with E-state index in [1.807, 2.05) is 6.08 Å². The standard InChI is InChI=1S/C60H84BN2OSi/c1-18-27-47(58(10,11)21-4)41-49(20-3)63-43-53(54(38-44(5)6)62-37-25-23-22-24-28-45-30-32-50(33-31-45)65(16)17)61(48(19-2)29-26-34-57(7,8)9)56-40-46-39-51-52(42-55(46)64-56)60(14,15)36-35-59(51,12)13/h19-20,22-33,37-42,62-63H,3,18,21,34-36,43H2,1-2,4-17H3/b23-22-,28-24+,29-26-,37-25+,47-27-,48-19+,49-41+,54-53-. The Labute approximate surface area is 399 Å². The van der Waals surface area contributed by atoms with Crippen LogP contribution in [-0.4, -0.2) is 22.1 Å². The highest BCUT2D eigenvalue weighted by Crippen LogP contribution is 2.47. The van der Waals surface area contributed by atoms with Crippen molar-refractivity contribution in [3.63, 3.8) is 0 Å². The monoisotopic (exact) mass is 888 g/mol. The van der Waals surface area contributed by atoms with Crippen molar-refractivity contribution in [3.8, 4) is 0 Å². The fraction of sp³-hybridized carbons (Fsp3) is 0.433. The number of nitrogens with one attached hydrogen (secondary N) is 2. The van der Waals surface area contributed by atoms with Crippen LogP contribution < -0.4 is 21.5 Å². The molecule has 1 aliphatic carbocycles. The Balaban J connectivity index is 1.95. The summed E-state index contributed by atoms with van der Waals surface area (Å²) in [4.78, 5) is 0. The first-order chi connectivity index (χ1) is 30.5. The summed E-state index contributed by atoms with van der Waals surface area (Å²) in [5, 5.41) is 10.3. The van der Waals surface area contributed by atoms with Crippen LogP contribution in [-0.2, 0) is 10.8 Å². The maximum absolute atomic E-state index is 7.17. The Bertz CT molecular complexity index is 2320. The van der Waals surface area contributed by atoms with Gasteiger partial charge in [-0.2, -0.15) is 0 Å². The second kappa shape index (κ2) is 23.1. The third kappa shape index (κ3) is 14.9. The topological polar surface area (TPSA) is 37.2 Å². The van der Waals surface area contributed by atoms with Crippen molar-refractivity contribution in [3.05, 3.63) is 172 Å². The second-order valence-corrected chi connectivity index (χ2v) is 24.3. The SMILES string of the molecule is C=C/C(=C\C(=C\CC)C(C)(C)CC)NC/C(B(C(/C=C\CC(C)(C)C)=C/C)c1cc2cc3c(cc2o1)C(C)(C)CCC3(C)C)=C(\C=C(C)C)N/C=C/C=C\C=C\c1ccc([Si](C)C)cc1. The van der Waals surface area contributed by atoms with Crippen LogP contribution in [0.2, 0.25) is 13.1 Å². The third-order valence-electron chi connectivity index (χ3n) is 13.2. The maximum Gasteiger partial charge on any atom is 0.287 e. The summed E-state index contributed by atoms with van der Waals surface area (Å²) in [6, 6.07) is 16.1. The summed E-state index contributed by atoms with van der Waals surface area (Å²) >= 11 is 0. The minimum Gasteiger partial charge on any atom is -0.470 e. The molecule has 4 rings (SSSR count). The highest BCUT2D eigenvalue weighted by molar-refractivity contribution is 6.86. The predicted octanol–water partition coefficient (Wildman–Crippen LogP) is 15.5. The normalized spacial score (nSPS) is 16.5. The Kier molecular flexibility index (Phi) is 18.8. The van der Waals surface area contributed by atoms with Crippen LogP contribution in [0.4, 0.5) is 0 Å². The van der Waals surface area contributed by atoms with Crippen molar-refractivity contribution < 1.29 is 4.42 Å². The van der Waals surface area contributed by atoms with Crippen LogP contribution in [0.1, 0.15) is 146 Å². The van der Waals surface area contributed by atoms with Crippen molar-refractivity contribution in [1.82, 2.24) is 10.6 Å². The summed E-state index contributed by atoms with van der Waals surface area (Å²) in [6.45, 7) is 41.4. The van der Waals surface area contributed by atoms with E-state index in [-0.39, 0.29) is 28.4 Å². The van der Waals surface area contributed by atoms with E-state index in [2.05, 4.69) is 243 Å². The van der Waals surface area contributed by atoms with Crippen molar-refractivity contribution >= 4 is 43.4 Å². The van der Waals surface area contributed by atoms with Gasteiger partial charge in [-0.05, 0) is 145 Å². The number of benzene rings is 2. The number of fused-ring (bicyclic) bond motifs is 2. The molecule has 1 radical (unpaired) electrons. The molecule has 0 saturated carbocycles. The zero-order chi connectivity index (χ0) is 48.2. The molecular formula is C60H84BN2OSi. The first-order valence-corrected chi connectivity index (χ1v) is 26.8. The van der Waals surface area contributed by atoms with Crippen LogP contribution in [0.5, 0.6) is 0 Å². The molecule has 0 unspecified atom stereocenters. The fourth-order valence-electron chi connectivity index (χ4n) is 8.49. The highest BCUT2D eigenvalue weighted by atomic mass is 28.3. The van der Waals surface area contributed by atoms with Crippen LogP contribution in [0.3, 0.4) is 0 Å². The molecule has 0 saturated heterocycles. The lowest BCUT2D eigenvalue weighted by Crippen LogP contribution is -2.40.